The third kappa shape index (κ3) is 9.55. The number of aromatic nitrogens is 2. The summed E-state index contributed by atoms with van der Waals surface area (Å²) < 4.78 is 17.4. The largest absolute Gasteiger partial charge is 0.339 e. The van der Waals surface area contributed by atoms with Crippen LogP contribution in [0.3, 0.4) is 0 Å². The lowest BCUT2D eigenvalue weighted by molar-refractivity contribution is -0.135. The fraction of sp³-hybridized carbons (Fsp3) is 0.629. The monoisotopic (exact) mass is 668 g/mol. The Morgan fingerprint density at radius 1 is 0.875 bits per heavy atom. The maximum Gasteiger partial charge on any atom is 0.315 e. The van der Waals surface area contributed by atoms with Gasteiger partial charge in [0, 0.05) is 50.4 Å². The second-order valence-electron chi connectivity index (χ2n) is 13.9. The van der Waals surface area contributed by atoms with Crippen LogP contribution in [0.1, 0.15) is 101 Å². The second-order valence-corrected chi connectivity index (χ2v) is 13.9. The summed E-state index contributed by atoms with van der Waals surface area (Å²) in [6.07, 6.45) is 7.16. The quantitative estimate of drug-likeness (QED) is 0.264. The molecular formula is C35H53FN8O4. The number of benzene rings is 1. The van der Waals surface area contributed by atoms with E-state index in [0.29, 0.717) is 24.3 Å². The van der Waals surface area contributed by atoms with Crippen molar-refractivity contribution in [2.45, 2.75) is 103 Å². The second kappa shape index (κ2) is 16.9. The summed E-state index contributed by atoms with van der Waals surface area (Å²) in [6, 6.07) is 3.62. The van der Waals surface area contributed by atoms with Crippen LogP contribution in [0.15, 0.2) is 30.5 Å². The Bertz CT molecular complexity index is 1410. The SMILES string of the molecule is CC(C)NC(=O)N[C@@H](C(=O)N1CCN(C)CC1)[C@@H](C)c1ccc(NC(=O)[C@@H](NC(=O)c2ccnn2C(C)C)C2CCCCCC2)c(F)c1. The summed E-state index contributed by atoms with van der Waals surface area (Å²) in [5.41, 5.74) is 0.833. The molecule has 48 heavy (non-hydrogen) atoms. The van der Waals surface area contributed by atoms with Crippen LogP contribution >= 0.6 is 0 Å². The maximum absolute atomic E-state index is 15.8. The van der Waals surface area contributed by atoms with Gasteiger partial charge in [0.15, 0.2) is 0 Å². The molecule has 12 nitrogen and oxygen atoms in total. The van der Waals surface area contributed by atoms with E-state index in [1.807, 2.05) is 34.7 Å². The average molecular weight is 669 g/mol. The first-order chi connectivity index (χ1) is 22.8. The van der Waals surface area contributed by atoms with Gasteiger partial charge in [-0.15, -0.1) is 0 Å². The fourth-order valence-electron chi connectivity index (χ4n) is 6.55. The molecule has 1 saturated carbocycles. The smallest absolute Gasteiger partial charge is 0.315 e. The van der Waals surface area contributed by atoms with Gasteiger partial charge in [-0.05, 0) is 77.3 Å². The van der Waals surface area contributed by atoms with Crippen molar-refractivity contribution >= 4 is 29.4 Å². The molecule has 2 fully saturated rings. The van der Waals surface area contributed by atoms with E-state index in [9.17, 15) is 19.2 Å². The first-order valence-electron chi connectivity index (χ1n) is 17.3. The van der Waals surface area contributed by atoms with E-state index in [4.69, 9.17) is 0 Å². The van der Waals surface area contributed by atoms with Crippen molar-refractivity contribution in [2.75, 3.05) is 38.5 Å². The van der Waals surface area contributed by atoms with Crippen molar-refractivity contribution in [1.82, 2.24) is 35.5 Å². The zero-order valence-electron chi connectivity index (χ0n) is 29.2. The number of urea groups is 1. The molecule has 1 aromatic carbocycles. The van der Waals surface area contributed by atoms with Crippen LogP contribution in [0, 0.1) is 11.7 Å². The van der Waals surface area contributed by atoms with E-state index in [2.05, 4.69) is 31.3 Å². The number of anilines is 1. The predicted octanol–water partition coefficient (Wildman–Crippen LogP) is 4.26. The molecule has 0 radical (unpaired) electrons. The van der Waals surface area contributed by atoms with Crippen LogP contribution in [-0.4, -0.2) is 94.7 Å². The zero-order chi connectivity index (χ0) is 35.0. The van der Waals surface area contributed by atoms with Gasteiger partial charge in [0.2, 0.25) is 11.8 Å². The van der Waals surface area contributed by atoms with Crippen molar-refractivity contribution in [1.29, 1.82) is 0 Å². The third-order valence-corrected chi connectivity index (χ3v) is 9.40. The Kier molecular flexibility index (Phi) is 13.0. The van der Waals surface area contributed by atoms with E-state index in [1.54, 1.807) is 34.8 Å². The molecule has 2 aromatic rings. The molecule has 1 aliphatic heterocycles. The molecule has 3 atom stereocenters. The number of nitrogens with zero attached hydrogens (tertiary/aromatic N) is 4. The summed E-state index contributed by atoms with van der Waals surface area (Å²) >= 11 is 0. The van der Waals surface area contributed by atoms with Crippen LogP contribution in [0.2, 0.25) is 0 Å². The fourth-order valence-corrected chi connectivity index (χ4v) is 6.55. The van der Waals surface area contributed by atoms with Gasteiger partial charge in [-0.3, -0.25) is 19.1 Å². The highest BCUT2D eigenvalue weighted by Crippen LogP contribution is 2.29. The van der Waals surface area contributed by atoms with E-state index in [0.717, 1.165) is 51.6 Å². The minimum atomic E-state index is -0.930. The Labute approximate surface area is 283 Å². The summed E-state index contributed by atoms with van der Waals surface area (Å²) in [6.45, 7) is 11.8. The number of amides is 5. The number of carbonyl (C=O) groups is 4. The van der Waals surface area contributed by atoms with Gasteiger partial charge in [0.25, 0.3) is 5.91 Å². The lowest BCUT2D eigenvalue weighted by Crippen LogP contribution is -2.57. The molecule has 1 aliphatic carbocycles. The van der Waals surface area contributed by atoms with Gasteiger partial charge in [0.05, 0.1) is 5.69 Å². The number of hydrogen-bond donors (Lipinski definition) is 4. The van der Waals surface area contributed by atoms with Crippen molar-refractivity contribution in [3.8, 4) is 0 Å². The highest BCUT2D eigenvalue weighted by atomic mass is 19.1. The minimum Gasteiger partial charge on any atom is -0.339 e. The third-order valence-electron chi connectivity index (χ3n) is 9.40. The predicted molar refractivity (Wildman–Crippen MR) is 183 cm³/mol. The van der Waals surface area contributed by atoms with E-state index in [1.165, 1.54) is 12.1 Å². The lowest BCUT2D eigenvalue weighted by Gasteiger charge is -2.36. The van der Waals surface area contributed by atoms with Crippen LogP contribution in [0.25, 0.3) is 0 Å². The molecular weight excluding hydrogens is 615 g/mol. The summed E-state index contributed by atoms with van der Waals surface area (Å²) in [5, 5.41) is 15.5. The van der Waals surface area contributed by atoms with Crippen LogP contribution in [0.4, 0.5) is 14.9 Å². The summed E-state index contributed by atoms with van der Waals surface area (Å²) in [7, 11) is 1.99. The first kappa shape index (κ1) is 36.8. The molecule has 0 spiro atoms. The Balaban J connectivity index is 1.54. The van der Waals surface area contributed by atoms with Gasteiger partial charge in [0.1, 0.15) is 23.6 Å². The van der Waals surface area contributed by atoms with Crippen LogP contribution in [-0.2, 0) is 9.59 Å². The van der Waals surface area contributed by atoms with E-state index >= 15 is 4.39 Å². The summed E-state index contributed by atoms with van der Waals surface area (Å²) in [4.78, 5) is 57.5. The van der Waals surface area contributed by atoms with Crippen molar-refractivity contribution in [3.63, 3.8) is 0 Å². The molecule has 1 aromatic heterocycles. The van der Waals surface area contributed by atoms with Crippen molar-refractivity contribution in [2.24, 2.45) is 5.92 Å². The number of carbonyl (C=O) groups excluding carboxylic acids is 4. The highest BCUT2D eigenvalue weighted by molar-refractivity contribution is 6.00. The van der Waals surface area contributed by atoms with Gasteiger partial charge >= 0.3 is 6.03 Å². The van der Waals surface area contributed by atoms with Crippen LogP contribution in [0.5, 0.6) is 0 Å². The maximum atomic E-state index is 15.8. The molecule has 13 heteroatoms. The van der Waals surface area contributed by atoms with Gasteiger partial charge in [-0.1, -0.05) is 38.7 Å². The number of piperazine rings is 1. The minimum absolute atomic E-state index is 0.0245. The molecule has 1 saturated heterocycles. The Hall–Kier alpha value is -4.00. The molecule has 0 unspecified atom stereocenters. The topological polar surface area (TPSA) is 141 Å². The molecule has 5 amide bonds. The Morgan fingerprint density at radius 3 is 2.15 bits per heavy atom. The molecule has 2 heterocycles. The van der Waals surface area contributed by atoms with Gasteiger partial charge in [-0.25, -0.2) is 9.18 Å². The van der Waals surface area contributed by atoms with Crippen molar-refractivity contribution < 1.29 is 23.6 Å². The molecule has 264 valence electrons. The lowest BCUT2D eigenvalue weighted by atomic mass is 9.90. The van der Waals surface area contributed by atoms with E-state index < -0.39 is 41.7 Å². The number of rotatable bonds is 11. The average Bonchev–Trinajstić information content (AvgIpc) is 3.39. The number of nitrogens with one attached hydrogen (secondary N) is 4. The molecule has 2 aliphatic rings. The zero-order valence-corrected chi connectivity index (χ0v) is 29.2. The Morgan fingerprint density at radius 2 is 1.54 bits per heavy atom. The normalized spacial score (nSPS) is 18.1. The number of likely N-dealkylation sites (N-methyl/N-ethyl adjacent to an activating group) is 1. The number of hydrogen-bond acceptors (Lipinski definition) is 6. The van der Waals surface area contributed by atoms with E-state index in [-0.39, 0.29) is 29.6 Å². The summed E-state index contributed by atoms with van der Waals surface area (Å²) in [5.74, 6) is -2.46. The first-order valence-corrected chi connectivity index (χ1v) is 17.3. The molecule has 4 N–H and O–H groups in total. The van der Waals surface area contributed by atoms with Gasteiger partial charge in [-0.2, -0.15) is 5.10 Å². The standard InChI is InChI=1S/C35H53FN8O4/c1-22(2)38-35(48)41-30(34(47)43-19-17-42(6)18-20-43)24(5)26-13-14-28(27(36)21-26)39-33(46)31(25-11-9-7-8-10-12-25)40-32(45)29-15-16-37-44(29)23(3)4/h13-16,21-25,30-31H,7-12,17-20H2,1-6H3,(H,39,46)(H,40,45)(H2,38,41,48)/t24-,30+,31-/m0/s1. The highest BCUT2D eigenvalue weighted by Gasteiger charge is 2.35. The number of halogens is 1. The van der Waals surface area contributed by atoms with Crippen LogP contribution < -0.4 is 21.3 Å². The molecule has 4 rings (SSSR count). The van der Waals surface area contributed by atoms with Gasteiger partial charge < -0.3 is 31.1 Å². The van der Waals surface area contributed by atoms with Crippen molar-refractivity contribution in [3.05, 3.63) is 47.5 Å². The molecule has 0 bridgehead atoms.